The van der Waals surface area contributed by atoms with Crippen LogP contribution in [0.4, 0.5) is 0 Å². The first-order chi connectivity index (χ1) is 16.0. The Bertz CT molecular complexity index is 1240. The molecule has 3 aromatic carbocycles. The zero-order valence-corrected chi connectivity index (χ0v) is 18.2. The van der Waals surface area contributed by atoms with E-state index < -0.39 is 12.1 Å². The number of hydrogen-bond donors (Lipinski definition) is 0. The van der Waals surface area contributed by atoms with Gasteiger partial charge < -0.3 is 9.47 Å². The fraction of sp³-hybridized carbons (Fsp3) is 0.160. The number of nitrogens with zero attached hydrogens (tertiary/aromatic N) is 4. The molecule has 0 aliphatic heterocycles. The SMILES string of the molecule is COC(=O)c1ccc(-c2nnn(CC(=O)C(C)Oc3ccc(-c4ccccc4)cc3)n2)cc1. The van der Waals surface area contributed by atoms with Crippen LogP contribution in [0, 0.1) is 0 Å². The molecule has 0 N–H and O–H groups in total. The number of ether oxygens (including phenoxy) is 2. The summed E-state index contributed by atoms with van der Waals surface area (Å²) in [5.74, 6) is 0.345. The van der Waals surface area contributed by atoms with Crippen LogP contribution >= 0.6 is 0 Å². The maximum Gasteiger partial charge on any atom is 0.337 e. The van der Waals surface area contributed by atoms with Crippen molar-refractivity contribution in [2.75, 3.05) is 7.11 Å². The van der Waals surface area contributed by atoms with E-state index in [1.165, 1.54) is 11.9 Å². The summed E-state index contributed by atoms with van der Waals surface area (Å²) in [6.45, 7) is 1.62. The minimum absolute atomic E-state index is 0.0729. The molecule has 0 saturated heterocycles. The average Bonchev–Trinajstić information content (AvgIpc) is 3.33. The van der Waals surface area contributed by atoms with Gasteiger partial charge in [0.15, 0.2) is 11.9 Å². The second-order valence-electron chi connectivity index (χ2n) is 7.33. The van der Waals surface area contributed by atoms with Gasteiger partial charge in [0.25, 0.3) is 0 Å². The van der Waals surface area contributed by atoms with Gasteiger partial charge in [-0.1, -0.05) is 54.6 Å². The first-order valence-corrected chi connectivity index (χ1v) is 10.3. The van der Waals surface area contributed by atoms with E-state index in [9.17, 15) is 9.59 Å². The van der Waals surface area contributed by atoms with E-state index in [-0.39, 0.29) is 12.3 Å². The van der Waals surface area contributed by atoms with Crippen LogP contribution in [0.5, 0.6) is 5.75 Å². The number of rotatable bonds is 8. The van der Waals surface area contributed by atoms with Crippen LogP contribution in [0.1, 0.15) is 17.3 Å². The average molecular weight is 442 g/mol. The van der Waals surface area contributed by atoms with E-state index >= 15 is 0 Å². The molecule has 4 aromatic rings. The summed E-state index contributed by atoms with van der Waals surface area (Å²) in [6.07, 6.45) is -0.679. The second kappa shape index (κ2) is 9.86. The fourth-order valence-electron chi connectivity index (χ4n) is 3.19. The zero-order valence-electron chi connectivity index (χ0n) is 18.2. The normalized spacial score (nSPS) is 11.6. The van der Waals surface area contributed by atoms with Crippen molar-refractivity contribution in [2.24, 2.45) is 0 Å². The van der Waals surface area contributed by atoms with Crippen molar-refractivity contribution in [1.82, 2.24) is 20.2 Å². The highest BCUT2D eigenvalue weighted by Gasteiger charge is 2.18. The maximum atomic E-state index is 12.6. The van der Waals surface area contributed by atoms with Crippen LogP contribution in [0.15, 0.2) is 78.9 Å². The number of esters is 1. The number of hydrogen-bond acceptors (Lipinski definition) is 7. The van der Waals surface area contributed by atoms with Gasteiger partial charge in [0, 0.05) is 5.56 Å². The lowest BCUT2D eigenvalue weighted by atomic mass is 10.1. The Labute approximate surface area is 190 Å². The Morgan fingerprint density at radius 3 is 2.18 bits per heavy atom. The summed E-state index contributed by atoms with van der Waals surface area (Å²) in [7, 11) is 1.32. The summed E-state index contributed by atoms with van der Waals surface area (Å²) in [4.78, 5) is 25.4. The number of tetrazole rings is 1. The summed E-state index contributed by atoms with van der Waals surface area (Å²) in [6, 6.07) is 24.2. The topological polar surface area (TPSA) is 96.2 Å². The summed E-state index contributed by atoms with van der Waals surface area (Å²) < 4.78 is 10.5. The highest BCUT2D eigenvalue weighted by Crippen LogP contribution is 2.23. The van der Waals surface area contributed by atoms with E-state index in [1.54, 1.807) is 31.2 Å². The molecule has 0 fully saturated rings. The lowest BCUT2D eigenvalue weighted by Gasteiger charge is -2.13. The Morgan fingerprint density at radius 2 is 1.52 bits per heavy atom. The number of ketones is 1. The number of carbonyl (C=O) groups is 2. The van der Waals surface area contributed by atoms with Crippen LogP contribution < -0.4 is 4.74 Å². The first kappa shape index (κ1) is 21.9. The molecule has 4 rings (SSSR count). The summed E-state index contributed by atoms with van der Waals surface area (Å²) >= 11 is 0. The minimum Gasteiger partial charge on any atom is -0.483 e. The minimum atomic E-state index is -0.679. The molecule has 1 unspecified atom stereocenters. The van der Waals surface area contributed by atoms with Gasteiger partial charge in [-0.25, -0.2) is 4.79 Å². The van der Waals surface area contributed by atoms with Gasteiger partial charge in [0.2, 0.25) is 5.82 Å². The molecule has 0 amide bonds. The fourth-order valence-corrected chi connectivity index (χ4v) is 3.19. The summed E-state index contributed by atoms with van der Waals surface area (Å²) in [5.41, 5.74) is 3.28. The van der Waals surface area contributed by atoms with Crippen molar-refractivity contribution in [3.63, 3.8) is 0 Å². The number of aromatic nitrogens is 4. The van der Waals surface area contributed by atoms with Gasteiger partial charge in [0.1, 0.15) is 12.3 Å². The standard InChI is InChI=1S/C25H22N4O4/c1-17(33-22-14-12-19(13-15-22)18-6-4-3-5-7-18)23(30)16-29-27-24(26-28-29)20-8-10-21(11-9-20)25(31)32-2/h3-15,17H,16H2,1-2H3. The van der Waals surface area contributed by atoms with Gasteiger partial charge in [-0.15, -0.1) is 10.2 Å². The van der Waals surface area contributed by atoms with Crippen molar-refractivity contribution >= 4 is 11.8 Å². The van der Waals surface area contributed by atoms with Crippen molar-refractivity contribution in [2.45, 2.75) is 19.6 Å². The van der Waals surface area contributed by atoms with Gasteiger partial charge in [-0.05, 0) is 47.5 Å². The van der Waals surface area contributed by atoms with Crippen molar-refractivity contribution in [3.8, 4) is 28.3 Å². The Balaban J connectivity index is 1.35. The van der Waals surface area contributed by atoms with Gasteiger partial charge in [-0.3, -0.25) is 4.79 Å². The monoisotopic (exact) mass is 442 g/mol. The molecule has 33 heavy (non-hydrogen) atoms. The van der Waals surface area contributed by atoms with Crippen molar-refractivity contribution in [3.05, 3.63) is 84.4 Å². The van der Waals surface area contributed by atoms with E-state index in [0.29, 0.717) is 22.7 Å². The Hall–Kier alpha value is -4.33. The molecule has 0 saturated carbocycles. The Kier molecular flexibility index (Phi) is 6.54. The second-order valence-corrected chi connectivity index (χ2v) is 7.33. The molecule has 0 aliphatic rings. The third-order valence-corrected chi connectivity index (χ3v) is 5.04. The molecule has 1 heterocycles. The third-order valence-electron chi connectivity index (χ3n) is 5.04. The Morgan fingerprint density at radius 1 is 0.879 bits per heavy atom. The molecule has 0 aliphatic carbocycles. The predicted octanol–water partition coefficient (Wildman–Crippen LogP) is 3.83. The number of carbonyl (C=O) groups excluding carboxylic acids is 2. The lowest BCUT2D eigenvalue weighted by molar-refractivity contribution is -0.126. The van der Waals surface area contributed by atoms with Gasteiger partial charge >= 0.3 is 5.97 Å². The van der Waals surface area contributed by atoms with Gasteiger partial charge in [0.05, 0.1) is 12.7 Å². The molecule has 8 nitrogen and oxygen atoms in total. The predicted molar refractivity (Wildman–Crippen MR) is 122 cm³/mol. The molecule has 166 valence electrons. The smallest absolute Gasteiger partial charge is 0.337 e. The van der Waals surface area contributed by atoms with Gasteiger partial charge in [-0.2, -0.15) is 4.80 Å². The van der Waals surface area contributed by atoms with E-state index in [2.05, 4.69) is 20.1 Å². The molecular weight excluding hydrogens is 420 g/mol. The number of methoxy groups -OCH3 is 1. The van der Waals surface area contributed by atoms with E-state index in [4.69, 9.17) is 4.74 Å². The highest BCUT2D eigenvalue weighted by molar-refractivity contribution is 5.89. The number of benzene rings is 3. The van der Waals surface area contributed by atoms with Crippen LogP contribution in [-0.2, 0) is 16.1 Å². The maximum absolute atomic E-state index is 12.6. The molecule has 1 atom stereocenters. The zero-order chi connectivity index (χ0) is 23.2. The quantitative estimate of drug-likeness (QED) is 0.383. The number of Topliss-reactive ketones (excluding diaryl/α,β-unsaturated/α-hetero) is 1. The molecule has 8 heteroatoms. The molecular formula is C25H22N4O4. The highest BCUT2D eigenvalue weighted by atomic mass is 16.5. The molecule has 1 aromatic heterocycles. The van der Waals surface area contributed by atoms with Crippen molar-refractivity contribution < 1.29 is 19.1 Å². The van der Waals surface area contributed by atoms with Crippen LogP contribution in [0.3, 0.4) is 0 Å². The molecule has 0 radical (unpaired) electrons. The van der Waals surface area contributed by atoms with Crippen LogP contribution in [0.25, 0.3) is 22.5 Å². The largest absolute Gasteiger partial charge is 0.483 e. The van der Waals surface area contributed by atoms with E-state index in [0.717, 1.165) is 11.1 Å². The van der Waals surface area contributed by atoms with Crippen molar-refractivity contribution in [1.29, 1.82) is 0 Å². The van der Waals surface area contributed by atoms with Crippen LogP contribution in [0.2, 0.25) is 0 Å². The van der Waals surface area contributed by atoms with E-state index in [1.807, 2.05) is 54.6 Å². The third kappa shape index (κ3) is 5.30. The van der Waals surface area contributed by atoms with Crippen LogP contribution in [-0.4, -0.2) is 45.2 Å². The molecule has 0 bridgehead atoms. The summed E-state index contributed by atoms with van der Waals surface area (Å²) in [5, 5.41) is 12.2. The lowest BCUT2D eigenvalue weighted by Crippen LogP contribution is -2.28. The molecule has 0 spiro atoms. The first-order valence-electron chi connectivity index (χ1n) is 10.3.